The number of hydrogen-bond acceptors (Lipinski definition) is 16. The number of ether oxygens (including phenoxy) is 4. The number of benzene rings is 8. The molecule has 20 heteroatoms. The monoisotopic (exact) mass is 1410 g/mol. The van der Waals surface area contributed by atoms with Crippen molar-refractivity contribution in [2.24, 2.45) is 23.5 Å². The minimum Gasteiger partial charge on any atom is -0.793 e. The molecule has 103 heavy (non-hydrogen) atoms. The molecule has 8 rings (SSSR count). The molecule has 0 spiro atoms. The predicted molar refractivity (Wildman–Crippen MR) is 394 cm³/mol. The van der Waals surface area contributed by atoms with E-state index in [1.807, 2.05) is 291 Å². The molecule has 0 saturated heterocycles. The molecule has 539 valence electrons. The largest absolute Gasteiger partial charge is 1.00 e. The molecule has 8 aromatic rings. The maximum Gasteiger partial charge on any atom is 1.00 e. The van der Waals surface area contributed by atoms with Crippen LogP contribution < -0.4 is 45.9 Å². The zero-order chi connectivity index (χ0) is 75.0. The maximum absolute atomic E-state index is 14.1. The first-order valence-electron chi connectivity index (χ1n) is 33.7. The molecule has 2 amide bonds. The van der Waals surface area contributed by atoms with Crippen LogP contribution in [0.3, 0.4) is 0 Å². The Morgan fingerprint density at radius 1 is 0.427 bits per heavy atom. The number of amides is 2. The fraction of sp³-hybridized carbons (Fsp3) is 0.325. The Morgan fingerprint density at radius 2 is 0.709 bits per heavy atom. The zero-order valence-corrected chi connectivity index (χ0v) is 63.4. The first kappa shape index (κ1) is 87.9. The minimum absolute atomic E-state index is 0. The molecule has 0 heterocycles. The van der Waals surface area contributed by atoms with Crippen molar-refractivity contribution in [1.29, 1.82) is 0 Å². The van der Waals surface area contributed by atoms with Gasteiger partial charge in [-0.25, -0.2) is 19.4 Å². The Morgan fingerprint density at radius 3 is 0.990 bits per heavy atom. The number of rotatable bonds is 26. The Balaban J connectivity index is 0.000000411. The van der Waals surface area contributed by atoms with Crippen LogP contribution in [0.5, 0.6) is 0 Å². The van der Waals surface area contributed by atoms with E-state index < -0.39 is 46.9 Å². The first-order valence-corrected chi connectivity index (χ1v) is 33.7. The molecule has 0 saturated carbocycles. The zero-order valence-electron chi connectivity index (χ0n) is 61.4. The van der Waals surface area contributed by atoms with E-state index in [0.717, 1.165) is 71.1 Å². The average Bonchev–Trinajstić information content (AvgIpc) is 0.763. The van der Waals surface area contributed by atoms with Crippen LogP contribution in [0.4, 0.5) is 0 Å². The van der Waals surface area contributed by atoms with Gasteiger partial charge in [0.15, 0.2) is 0 Å². The Labute approximate surface area is 631 Å². The van der Waals surface area contributed by atoms with Crippen molar-refractivity contribution in [2.75, 3.05) is 13.2 Å². The van der Waals surface area contributed by atoms with Gasteiger partial charge < -0.3 is 52.8 Å². The smallest absolute Gasteiger partial charge is 0.793 e. The van der Waals surface area contributed by atoms with Crippen LogP contribution in [0.2, 0.25) is 0 Å². The Bertz CT molecular complexity index is 3550. The molecular formula is C83H98BN3NaO15. The van der Waals surface area contributed by atoms with E-state index in [1.165, 1.54) is 6.92 Å². The Kier molecular flexibility index (Phi) is 39.5. The quantitative estimate of drug-likeness (QED) is 0.0114. The number of nitrogens with one attached hydrogen (secondary N) is 2. The van der Waals surface area contributed by atoms with Crippen LogP contribution >= 0.6 is 0 Å². The van der Waals surface area contributed by atoms with Crippen molar-refractivity contribution in [2.45, 2.75) is 143 Å². The van der Waals surface area contributed by atoms with Gasteiger partial charge in [0, 0.05) is 39.7 Å². The molecule has 4 N–H and O–H groups in total. The maximum atomic E-state index is 14.1. The SMILES string of the molecule is CC(=O)OOC(C)=O.C[C@H](C=O)COC(C)(C)C.C[C@H](CC[C@@H](CC(=O)NC(c1ccccc1)(c1ccccc1)c1ccccc1)C(=O)OCc1ccccc1)COC(C)(C)C.N[C@@H](CC(=O)NC(c1ccccc1)(c1ccccc1)c1ccccc1)C(=O)OCc1ccccc1.[B-]OC(C)=O.[Na+]. The van der Waals surface area contributed by atoms with Crippen LogP contribution in [-0.4, -0.2) is 86.5 Å². The van der Waals surface area contributed by atoms with Crippen molar-refractivity contribution in [3.63, 3.8) is 0 Å². The summed E-state index contributed by atoms with van der Waals surface area (Å²) in [6.45, 7) is 20.9. The van der Waals surface area contributed by atoms with Gasteiger partial charge in [0.2, 0.25) is 17.8 Å². The summed E-state index contributed by atoms with van der Waals surface area (Å²) in [6, 6.07) is 77.2. The van der Waals surface area contributed by atoms with E-state index in [9.17, 15) is 38.4 Å². The predicted octanol–water partition coefficient (Wildman–Crippen LogP) is 10.9. The molecule has 0 bridgehead atoms. The summed E-state index contributed by atoms with van der Waals surface area (Å²) in [5.41, 5.74) is 11.0. The molecular weight excluding hydrogens is 1310 g/mol. The van der Waals surface area contributed by atoms with Gasteiger partial charge in [0.05, 0.1) is 30.1 Å². The van der Waals surface area contributed by atoms with Gasteiger partial charge in [-0.2, -0.15) is 0 Å². The molecule has 4 atom stereocenters. The fourth-order valence-electron chi connectivity index (χ4n) is 10.1. The second-order valence-electron chi connectivity index (χ2n) is 26.1. The van der Waals surface area contributed by atoms with Crippen molar-refractivity contribution in [3.8, 4) is 0 Å². The van der Waals surface area contributed by atoms with Gasteiger partial charge in [-0.3, -0.25) is 24.0 Å². The normalized spacial score (nSPS) is 12.0. The molecule has 0 fully saturated rings. The third-order valence-corrected chi connectivity index (χ3v) is 15.1. The fourth-order valence-corrected chi connectivity index (χ4v) is 10.1. The van der Waals surface area contributed by atoms with Crippen LogP contribution in [0, 0.1) is 17.8 Å². The number of aldehydes is 1. The number of hydrogen-bond donors (Lipinski definition) is 3. The third-order valence-electron chi connectivity index (χ3n) is 15.1. The van der Waals surface area contributed by atoms with Gasteiger partial charge in [0.1, 0.15) is 36.6 Å². The number of nitrogens with two attached hydrogens (primary N) is 1. The van der Waals surface area contributed by atoms with Gasteiger partial charge in [0.25, 0.3) is 0 Å². The van der Waals surface area contributed by atoms with Crippen LogP contribution in [-0.2, 0) is 96.0 Å². The molecule has 0 aromatic heterocycles. The van der Waals surface area contributed by atoms with Gasteiger partial charge in [-0.05, 0) is 105 Å². The van der Waals surface area contributed by atoms with Crippen LogP contribution in [0.15, 0.2) is 243 Å². The van der Waals surface area contributed by atoms with E-state index >= 15 is 0 Å². The second kappa shape index (κ2) is 46.3. The van der Waals surface area contributed by atoms with Crippen molar-refractivity contribution >= 4 is 56.0 Å². The first-order chi connectivity index (χ1) is 48.6. The summed E-state index contributed by atoms with van der Waals surface area (Å²) in [6.07, 6.45) is 1.96. The van der Waals surface area contributed by atoms with Crippen LogP contribution in [0.1, 0.15) is 146 Å². The topological polar surface area (TPSA) is 251 Å². The van der Waals surface area contributed by atoms with Gasteiger partial charge in [-0.15, -0.1) is 0 Å². The minimum atomic E-state index is -1.08. The summed E-state index contributed by atoms with van der Waals surface area (Å²) < 4.78 is 26.1. The van der Waals surface area contributed by atoms with E-state index in [4.69, 9.17) is 24.7 Å². The van der Waals surface area contributed by atoms with E-state index in [0.29, 0.717) is 19.6 Å². The summed E-state index contributed by atoms with van der Waals surface area (Å²) in [4.78, 5) is 100. The summed E-state index contributed by atoms with van der Waals surface area (Å²) in [7, 11) is 4.32. The van der Waals surface area contributed by atoms with Crippen molar-refractivity contribution in [3.05, 3.63) is 287 Å². The van der Waals surface area contributed by atoms with Gasteiger partial charge >= 0.3 is 53.4 Å². The molecule has 0 aliphatic carbocycles. The summed E-state index contributed by atoms with van der Waals surface area (Å²) >= 11 is 0. The standard InChI is InChI=1S/C39H45NO4.C30H28N2O3.C8H16O2.C4H6O4.C2H3BO2.Na/c1-30(28-44-38(2,3)4)25-26-32(37(42)43-29-31-17-9-5-10-18-31)27-36(41)40-39(33-19-11-6-12-20-33,34-21-13-7-14-22-34)35-23-15-8-16-24-35;31-27(29(34)35-22-23-13-5-1-6-14-23)21-28(33)32-30(24-15-7-2-8-16-24,25-17-9-3-10-18-25)26-19-11-4-12-20-26;1-7(5-9)6-10-8(2,3)4;1-3(5)7-8-4(2)6;1-2(4)5-3;/h5-24,30,32H,25-29H2,1-4H3,(H,40,41);1-20,27H,21-22,31H2,(H,32,33);5,7H,6H2,1-4H3;1-2H3;1H3;/q;;;;-1;+1/t30-,32+;27-;7-;;;/m101.../s1. The molecule has 0 aliphatic heterocycles. The molecule has 18 nitrogen and oxygen atoms in total. The second-order valence-corrected chi connectivity index (χ2v) is 26.1. The Hall–Kier alpha value is -9.34. The number of esters is 2. The molecule has 0 aliphatic rings. The van der Waals surface area contributed by atoms with E-state index in [1.54, 1.807) is 0 Å². The van der Waals surface area contributed by atoms with Crippen molar-refractivity contribution in [1.82, 2.24) is 10.6 Å². The van der Waals surface area contributed by atoms with Crippen molar-refractivity contribution < 1.29 is 101 Å². The number of carbonyl (C=O) groups excluding carboxylic acids is 8. The van der Waals surface area contributed by atoms with E-state index in [2.05, 4.69) is 40.0 Å². The molecule has 8 aromatic carbocycles. The third kappa shape index (κ3) is 32.7. The van der Waals surface area contributed by atoms with Crippen LogP contribution in [0.25, 0.3) is 0 Å². The number of carbonyl (C=O) groups is 8. The van der Waals surface area contributed by atoms with Gasteiger partial charge in [-0.1, -0.05) is 257 Å². The van der Waals surface area contributed by atoms with E-state index in [-0.39, 0.29) is 96.4 Å². The summed E-state index contributed by atoms with van der Waals surface area (Å²) in [5.74, 6) is -3.67. The summed E-state index contributed by atoms with van der Waals surface area (Å²) in [5, 5.41) is 6.61. The molecule has 3 radical (unpaired) electrons. The molecule has 0 unspecified atom stereocenters. The average molecular weight is 1410 g/mol.